The molecule has 29 heavy (non-hydrogen) atoms. The molecular formula is C19H24ClN3O4S2. The Kier molecular flexibility index (Phi) is 7.15. The second-order valence-electron chi connectivity index (χ2n) is 6.87. The lowest BCUT2D eigenvalue weighted by Gasteiger charge is -2.31. The number of ether oxygens (including phenoxy) is 1. The van der Waals surface area contributed by atoms with E-state index in [2.05, 4.69) is 10.3 Å². The number of thiazole rings is 1. The largest absolute Gasteiger partial charge is 0.495 e. The number of halogens is 1. The van der Waals surface area contributed by atoms with Crippen LogP contribution in [0, 0.1) is 12.8 Å². The molecule has 1 fully saturated rings. The van der Waals surface area contributed by atoms with Crippen molar-refractivity contribution >= 4 is 38.9 Å². The van der Waals surface area contributed by atoms with E-state index in [0.717, 1.165) is 10.7 Å². The highest BCUT2D eigenvalue weighted by molar-refractivity contribution is 7.89. The molecule has 0 spiro atoms. The molecule has 1 amide bonds. The first-order valence-electron chi connectivity index (χ1n) is 9.33. The highest BCUT2D eigenvalue weighted by Gasteiger charge is 2.33. The summed E-state index contributed by atoms with van der Waals surface area (Å²) in [6, 6.07) is 4.52. The van der Waals surface area contributed by atoms with Crippen molar-refractivity contribution in [2.75, 3.05) is 26.7 Å². The van der Waals surface area contributed by atoms with Gasteiger partial charge >= 0.3 is 0 Å². The van der Waals surface area contributed by atoms with Crippen molar-refractivity contribution in [3.8, 4) is 5.75 Å². The molecular weight excluding hydrogens is 434 g/mol. The van der Waals surface area contributed by atoms with Gasteiger partial charge in [-0.15, -0.1) is 11.3 Å². The normalized spacial score (nSPS) is 16.0. The average Bonchev–Trinajstić information content (AvgIpc) is 3.13. The summed E-state index contributed by atoms with van der Waals surface area (Å²) in [7, 11) is -2.32. The lowest BCUT2D eigenvalue weighted by atomic mass is 9.97. The monoisotopic (exact) mass is 457 g/mol. The molecule has 158 valence electrons. The van der Waals surface area contributed by atoms with Crippen LogP contribution in [0.3, 0.4) is 0 Å². The number of hydrogen-bond acceptors (Lipinski definition) is 6. The zero-order chi connectivity index (χ0) is 21.0. The summed E-state index contributed by atoms with van der Waals surface area (Å²) in [5.41, 5.74) is 0.976. The first-order valence-corrected chi connectivity index (χ1v) is 12.0. The van der Waals surface area contributed by atoms with Crippen molar-refractivity contribution in [3.63, 3.8) is 0 Å². The van der Waals surface area contributed by atoms with Gasteiger partial charge in [-0.1, -0.05) is 11.6 Å². The summed E-state index contributed by atoms with van der Waals surface area (Å²) >= 11 is 7.57. The van der Waals surface area contributed by atoms with Gasteiger partial charge in [0, 0.05) is 42.4 Å². The van der Waals surface area contributed by atoms with Crippen LogP contribution in [-0.4, -0.2) is 50.4 Å². The topological polar surface area (TPSA) is 88.6 Å². The van der Waals surface area contributed by atoms with Crippen LogP contribution in [0.4, 0.5) is 0 Å². The van der Waals surface area contributed by atoms with Crippen molar-refractivity contribution in [2.24, 2.45) is 5.92 Å². The van der Waals surface area contributed by atoms with Gasteiger partial charge in [-0.05, 0) is 38.0 Å². The number of piperidine rings is 1. The standard InChI is InChI=1S/C19H24ClN3O4S2/c1-13-22-16(12-28-13)5-8-21-19(24)14-6-9-23(10-7-14)29(25,26)18-11-15(20)3-4-17(18)27-2/h3-4,11-12,14H,5-10H2,1-2H3,(H,21,24). The van der Waals surface area contributed by atoms with E-state index in [4.69, 9.17) is 16.3 Å². The second-order valence-corrected chi connectivity index (χ2v) is 10.3. The smallest absolute Gasteiger partial charge is 0.246 e. The van der Waals surface area contributed by atoms with E-state index in [-0.39, 0.29) is 35.6 Å². The molecule has 1 aliphatic heterocycles. The quantitative estimate of drug-likeness (QED) is 0.690. The Hall–Kier alpha value is -1.68. The van der Waals surface area contributed by atoms with Gasteiger partial charge in [0.25, 0.3) is 0 Å². The number of carbonyl (C=O) groups is 1. The predicted octanol–water partition coefficient (Wildman–Crippen LogP) is 2.87. The summed E-state index contributed by atoms with van der Waals surface area (Å²) in [5.74, 6) is 0.0285. The van der Waals surface area contributed by atoms with Crippen LogP contribution in [0.5, 0.6) is 5.75 Å². The first-order chi connectivity index (χ1) is 13.8. The summed E-state index contributed by atoms with van der Waals surface area (Å²) in [6.07, 6.45) is 1.64. The third-order valence-corrected chi connectivity index (χ3v) is 7.89. The summed E-state index contributed by atoms with van der Waals surface area (Å²) in [4.78, 5) is 16.9. The zero-order valence-electron chi connectivity index (χ0n) is 16.4. The Morgan fingerprint density at radius 1 is 1.38 bits per heavy atom. The number of amides is 1. The van der Waals surface area contributed by atoms with Gasteiger partial charge in [0.05, 0.1) is 17.8 Å². The van der Waals surface area contributed by atoms with Crippen LogP contribution in [0.2, 0.25) is 5.02 Å². The van der Waals surface area contributed by atoms with E-state index in [1.165, 1.54) is 17.5 Å². The second kappa shape index (κ2) is 9.42. The molecule has 1 aromatic carbocycles. The zero-order valence-corrected chi connectivity index (χ0v) is 18.7. The van der Waals surface area contributed by atoms with E-state index in [0.29, 0.717) is 30.8 Å². The minimum Gasteiger partial charge on any atom is -0.495 e. The van der Waals surface area contributed by atoms with Crippen molar-refractivity contribution < 1.29 is 17.9 Å². The molecule has 1 N–H and O–H groups in total. The average molecular weight is 458 g/mol. The molecule has 0 radical (unpaired) electrons. The molecule has 7 nitrogen and oxygen atoms in total. The molecule has 0 saturated carbocycles. The number of benzene rings is 1. The van der Waals surface area contributed by atoms with Gasteiger partial charge in [0.2, 0.25) is 15.9 Å². The Morgan fingerprint density at radius 3 is 2.72 bits per heavy atom. The predicted molar refractivity (Wildman–Crippen MR) is 113 cm³/mol. The molecule has 0 bridgehead atoms. The maximum absolute atomic E-state index is 13.0. The lowest BCUT2D eigenvalue weighted by Crippen LogP contribution is -2.43. The Labute approximate surface area is 180 Å². The van der Waals surface area contributed by atoms with E-state index in [9.17, 15) is 13.2 Å². The fraction of sp³-hybridized carbons (Fsp3) is 0.474. The molecule has 0 unspecified atom stereocenters. The fourth-order valence-corrected chi connectivity index (χ4v) is 5.87. The molecule has 1 aliphatic rings. The number of nitrogens with one attached hydrogen (secondary N) is 1. The Bertz CT molecular complexity index is 970. The molecule has 3 rings (SSSR count). The molecule has 10 heteroatoms. The van der Waals surface area contributed by atoms with Crippen LogP contribution < -0.4 is 10.1 Å². The number of rotatable bonds is 7. The summed E-state index contributed by atoms with van der Waals surface area (Å²) in [5, 5.41) is 6.27. The van der Waals surface area contributed by atoms with Crippen molar-refractivity contribution in [3.05, 3.63) is 39.3 Å². The number of methoxy groups -OCH3 is 1. The van der Waals surface area contributed by atoms with Crippen molar-refractivity contribution in [2.45, 2.75) is 31.1 Å². The minimum atomic E-state index is -3.74. The highest BCUT2D eigenvalue weighted by atomic mass is 35.5. The third kappa shape index (κ3) is 5.28. The van der Waals surface area contributed by atoms with E-state index < -0.39 is 10.0 Å². The van der Waals surface area contributed by atoms with Crippen LogP contribution >= 0.6 is 22.9 Å². The molecule has 1 saturated heterocycles. The number of sulfonamides is 1. The maximum Gasteiger partial charge on any atom is 0.246 e. The molecule has 0 aliphatic carbocycles. The fourth-order valence-electron chi connectivity index (χ4n) is 3.33. The van der Waals surface area contributed by atoms with Gasteiger partial charge < -0.3 is 10.1 Å². The van der Waals surface area contributed by atoms with Gasteiger partial charge in [-0.25, -0.2) is 13.4 Å². The van der Waals surface area contributed by atoms with Crippen molar-refractivity contribution in [1.29, 1.82) is 0 Å². The SMILES string of the molecule is COc1ccc(Cl)cc1S(=O)(=O)N1CCC(C(=O)NCCc2csc(C)n2)CC1. The molecule has 2 aromatic rings. The van der Waals surface area contributed by atoms with E-state index in [1.807, 2.05) is 12.3 Å². The number of aromatic nitrogens is 1. The van der Waals surface area contributed by atoms with E-state index in [1.54, 1.807) is 23.5 Å². The molecule has 0 atom stereocenters. The number of carbonyl (C=O) groups excluding carboxylic acids is 1. The summed E-state index contributed by atoms with van der Waals surface area (Å²) in [6.45, 7) is 3.04. The lowest BCUT2D eigenvalue weighted by molar-refractivity contribution is -0.126. The third-order valence-electron chi connectivity index (χ3n) is 4.92. The van der Waals surface area contributed by atoms with Crippen LogP contribution in [0.15, 0.2) is 28.5 Å². The van der Waals surface area contributed by atoms with Gasteiger partial charge in [0.1, 0.15) is 10.6 Å². The maximum atomic E-state index is 13.0. The van der Waals surface area contributed by atoms with Crippen LogP contribution in [0.25, 0.3) is 0 Å². The number of aryl methyl sites for hydroxylation is 1. The number of hydrogen-bond donors (Lipinski definition) is 1. The Morgan fingerprint density at radius 2 is 2.10 bits per heavy atom. The van der Waals surface area contributed by atoms with Crippen molar-refractivity contribution in [1.82, 2.24) is 14.6 Å². The molecule has 2 heterocycles. The summed E-state index contributed by atoms with van der Waals surface area (Å²) < 4.78 is 32.6. The number of nitrogens with zero attached hydrogens (tertiary/aromatic N) is 2. The van der Waals surface area contributed by atoms with Gasteiger partial charge in [-0.2, -0.15) is 4.31 Å². The first kappa shape index (κ1) is 22.0. The van der Waals surface area contributed by atoms with E-state index >= 15 is 0 Å². The van der Waals surface area contributed by atoms with Crippen LogP contribution in [-0.2, 0) is 21.2 Å². The molecule has 1 aromatic heterocycles. The van der Waals surface area contributed by atoms with Gasteiger partial charge in [0.15, 0.2) is 0 Å². The minimum absolute atomic E-state index is 0.0330. The van der Waals surface area contributed by atoms with Gasteiger partial charge in [-0.3, -0.25) is 4.79 Å². The Balaban J connectivity index is 1.55. The highest BCUT2D eigenvalue weighted by Crippen LogP contribution is 2.31. The van der Waals surface area contributed by atoms with Crippen LogP contribution in [0.1, 0.15) is 23.5 Å².